The first-order chi connectivity index (χ1) is 17.4. The van der Waals surface area contributed by atoms with Crippen LogP contribution in [-0.2, 0) is 11.2 Å². The maximum Gasteiger partial charge on any atom is 0.254 e. The summed E-state index contributed by atoms with van der Waals surface area (Å²) in [6, 6.07) is 18.8. The number of piperazine rings is 1. The molecule has 5 rings (SSSR count). The maximum atomic E-state index is 13.3. The van der Waals surface area contributed by atoms with Crippen LogP contribution < -0.4 is 0 Å². The van der Waals surface area contributed by atoms with E-state index in [0.29, 0.717) is 26.1 Å². The van der Waals surface area contributed by atoms with E-state index in [9.17, 15) is 9.59 Å². The lowest BCUT2D eigenvalue weighted by Gasteiger charge is -2.41. The van der Waals surface area contributed by atoms with E-state index in [1.165, 1.54) is 21.6 Å². The van der Waals surface area contributed by atoms with E-state index in [-0.39, 0.29) is 23.9 Å². The van der Waals surface area contributed by atoms with Crippen LogP contribution in [0.25, 0.3) is 0 Å². The Hall–Kier alpha value is -2.96. The summed E-state index contributed by atoms with van der Waals surface area (Å²) in [7, 11) is 0. The summed E-state index contributed by atoms with van der Waals surface area (Å²) >= 11 is 1.85. The number of aryl methyl sites for hydroxylation is 2. The van der Waals surface area contributed by atoms with Gasteiger partial charge in [-0.3, -0.25) is 14.5 Å². The molecule has 0 spiro atoms. The average molecular weight is 502 g/mol. The molecule has 6 heteroatoms. The smallest absolute Gasteiger partial charge is 0.254 e. The second-order valence-electron chi connectivity index (χ2n) is 10.1. The first-order valence-corrected chi connectivity index (χ1v) is 13.8. The van der Waals surface area contributed by atoms with E-state index in [1.54, 1.807) is 0 Å². The number of hydrogen-bond acceptors (Lipinski definition) is 4. The molecular weight excluding hydrogens is 466 g/mol. The van der Waals surface area contributed by atoms with Crippen LogP contribution in [0.15, 0.2) is 60.0 Å². The number of benzene rings is 2. The molecular formula is C30H35N3O2S. The number of nitrogens with zero attached hydrogens (tertiary/aromatic N) is 3. The highest BCUT2D eigenvalue weighted by Gasteiger charge is 2.33. The Bertz CT molecular complexity index is 1250. The van der Waals surface area contributed by atoms with Gasteiger partial charge in [-0.1, -0.05) is 42.5 Å². The van der Waals surface area contributed by atoms with Crippen molar-refractivity contribution >= 4 is 23.2 Å². The van der Waals surface area contributed by atoms with Gasteiger partial charge in [0.25, 0.3) is 5.91 Å². The van der Waals surface area contributed by atoms with Gasteiger partial charge >= 0.3 is 0 Å². The normalized spacial score (nSPS) is 20.3. The van der Waals surface area contributed by atoms with Crippen molar-refractivity contribution in [1.82, 2.24) is 14.7 Å². The van der Waals surface area contributed by atoms with Crippen molar-refractivity contribution in [3.63, 3.8) is 0 Å². The third kappa shape index (κ3) is 4.84. The van der Waals surface area contributed by atoms with Crippen LogP contribution in [0.3, 0.4) is 0 Å². The van der Waals surface area contributed by atoms with Crippen molar-refractivity contribution in [2.45, 2.75) is 45.7 Å². The molecule has 2 unspecified atom stereocenters. The van der Waals surface area contributed by atoms with Crippen LogP contribution in [0, 0.1) is 13.8 Å². The summed E-state index contributed by atoms with van der Waals surface area (Å²) < 4.78 is 0. The monoisotopic (exact) mass is 501 g/mol. The predicted octanol–water partition coefficient (Wildman–Crippen LogP) is 5.08. The molecule has 0 saturated carbocycles. The summed E-state index contributed by atoms with van der Waals surface area (Å²) in [5.74, 6) is 0.248. The first kappa shape index (κ1) is 24.7. The van der Waals surface area contributed by atoms with Crippen molar-refractivity contribution in [3.05, 3.63) is 92.7 Å². The van der Waals surface area contributed by atoms with Gasteiger partial charge in [0.2, 0.25) is 5.91 Å². The van der Waals surface area contributed by atoms with Gasteiger partial charge in [0.1, 0.15) is 0 Å². The molecule has 3 aromatic rings. The molecule has 2 aliphatic rings. The molecule has 0 bridgehead atoms. The molecule has 2 atom stereocenters. The Morgan fingerprint density at radius 1 is 0.917 bits per heavy atom. The molecule has 3 heterocycles. The van der Waals surface area contributed by atoms with Gasteiger partial charge in [0.05, 0.1) is 6.04 Å². The predicted molar refractivity (Wildman–Crippen MR) is 145 cm³/mol. The number of fused-ring (bicyclic) bond motifs is 1. The highest BCUT2D eigenvalue weighted by Crippen LogP contribution is 2.38. The lowest BCUT2D eigenvalue weighted by atomic mass is 9.90. The Kier molecular flexibility index (Phi) is 7.26. The highest BCUT2D eigenvalue weighted by atomic mass is 32.1. The minimum Gasteiger partial charge on any atom is -0.339 e. The number of carbonyl (C=O) groups is 2. The SMILES string of the molecule is Cc1ccccc1C(=O)N1CCN(C(=O)CCN2CCc3sccc3C2c2ccccc2C)CC1C. The van der Waals surface area contributed by atoms with E-state index in [2.05, 4.69) is 47.5 Å². The zero-order chi connectivity index (χ0) is 25.2. The fraction of sp³-hybridized carbons (Fsp3) is 0.400. The van der Waals surface area contributed by atoms with Gasteiger partial charge in [-0.2, -0.15) is 0 Å². The second-order valence-corrected chi connectivity index (χ2v) is 11.1. The second kappa shape index (κ2) is 10.6. The molecule has 1 saturated heterocycles. The molecule has 36 heavy (non-hydrogen) atoms. The molecule has 2 amide bonds. The molecule has 188 valence electrons. The number of rotatable bonds is 5. The summed E-state index contributed by atoms with van der Waals surface area (Å²) in [6.07, 6.45) is 1.54. The Balaban J connectivity index is 1.23. The molecule has 2 aromatic carbocycles. The van der Waals surface area contributed by atoms with Crippen LogP contribution in [0.1, 0.15) is 56.9 Å². The number of carbonyl (C=O) groups excluding carboxylic acids is 2. The minimum absolute atomic E-state index is 0.00197. The quantitative estimate of drug-likeness (QED) is 0.490. The number of amides is 2. The standard InChI is InChI=1S/C30H35N3O2S/c1-21-8-4-6-10-24(21)29-26-14-19-36-27(26)12-15-31(29)16-13-28(34)32-17-18-33(23(3)20-32)30(35)25-11-7-5-9-22(25)2/h4-11,14,19,23,29H,12-13,15-18,20H2,1-3H3. The van der Waals surface area contributed by atoms with Gasteiger partial charge in [-0.25, -0.2) is 0 Å². The molecule has 0 aliphatic carbocycles. The van der Waals surface area contributed by atoms with Crippen LogP contribution in [0.2, 0.25) is 0 Å². The van der Waals surface area contributed by atoms with Gasteiger partial charge in [0, 0.05) is 55.6 Å². The summed E-state index contributed by atoms with van der Waals surface area (Å²) in [6.45, 7) is 9.67. The lowest BCUT2D eigenvalue weighted by Crippen LogP contribution is -2.55. The fourth-order valence-corrected chi connectivity index (χ4v) is 6.62. The minimum atomic E-state index is -0.00197. The van der Waals surface area contributed by atoms with E-state index < -0.39 is 0 Å². The topological polar surface area (TPSA) is 43.9 Å². The van der Waals surface area contributed by atoms with E-state index in [4.69, 9.17) is 0 Å². The van der Waals surface area contributed by atoms with Crippen LogP contribution in [0.4, 0.5) is 0 Å². The average Bonchev–Trinajstić information content (AvgIpc) is 3.36. The van der Waals surface area contributed by atoms with Crippen molar-refractivity contribution in [1.29, 1.82) is 0 Å². The largest absolute Gasteiger partial charge is 0.339 e. The van der Waals surface area contributed by atoms with E-state index in [1.807, 2.05) is 59.2 Å². The number of thiophene rings is 1. The van der Waals surface area contributed by atoms with Crippen molar-refractivity contribution in [2.24, 2.45) is 0 Å². The Morgan fingerprint density at radius 2 is 1.67 bits per heavy atom. The molecule has 0 N–H and O–H groups in total. The third-order valence-corrected chi connectivity index (χ3v) is 8.77. The first-order valence-electron chi connectivity index (χ1n) is 12.9. The summed E-state index contributed by atoms with van der Waals surface area (Å²) in [5, 5.41) is 2.20. The van der Waals surface area contributed by atoms with Crippen molar-refractivity contribution in [3.8, 4) is 0 Å². The Morgan fingerprint density at radius 3 is 2.42 bits per heavy atom. The van der Waals surface area contributed by atoms with Crippen LogP contribution >= 0.6 is 11.3 Å². The van der Waals surface area contributed by atoms with Crippen LogP contribution in [-0.4, -0.2) is 65.3 Å². The van der Waals surface area contributed by atoms with Crippen molar-refractivity contribution < 1.29 is 9.59 Å². The lowest BCUT2D eigenvalue weighted by molar-refractivity contribution is -0.134. The molecule has 1 fully saturated rings. The zero-order valence-electron chi connectivity index (χ0n) is 21.4. The van der Waals surface area contributed by atoms with Gasteiger partial charge in [0.15, 0.2) is 0 Å². The summed E-state index contributed by atoms with van der Waals surface area (Å²) in [5.41, 5.74) is 5.77. The van der Waals surface area contributed by atoms with Gasteiger partial charge in [-0.15, -0.1) is 11.3 Å². The Labute approximate surface area is 218 Å². The fourth-order valence-electron chi connectivity index (χ4n) is 5.72. The zero-order valence-corrected chi connectivity index (χ0v) is 22.3. The van der Waals surface area contributed by atoms with E-state index in [0.717, 1.165) is 30.6 Å². The van der Waals surface area contributed by atoms with Gasteiger partial charge in [-0.05, 0) is 67.0 Å². The maximum absolute atomic E-state index is 13.3. The third-order valence-electron chi connectivity index (χ3n) is 7.78. The van der Waals surface area contributed by atoms with Crippen molar-refractivity contribution in [2.75, 3.05) is 32.7 Å². The van der Waals surface area contributed by atoms with E-state index >= 15 is 0 Å². The molecule has 1 aromatic heterocycles. The molecule has 0 radical (unpaired) electrons. The van der Waals surface area contributed by atoms with Crippen LogP contribution in [0.5, 0.6) is 0 Å². The molecule has 5 nitrogen and oxygen atoms in total. The molecule has 2 aliphatic heterocycles. The number of hydrogen-bond donors (Lipinski definition) is 0. The van der Waals surface area contributed by atoms with Gasteiger partial charge < -0.3 is 9.80 Å². The summed E-state index contributed by atoms with van der Waals surface area (Å²) in [4.78, 5) is 34.2. The highest BCUT2D eigenvalue weighted by molar-refractivity contribution is 7.10.